The number of hydrogen-bond donors (Lipinski definition) is 2. The first-order valence-electron chi connectivity index (χ1n) is 5.14. The first-order chi connectivity index (χ1) is 7.79. The van der Waals surface area contributed by atoms with Crippen LogP contribution in [-0.2, 0) is 11.3 Å². The van der Waals surface area contributed by atoms with Gasteiger partial charge in [-0.2, -0.15) is 0 Å². The summed E-state index contributed by atoms with van der Waals surface area (Å²) in [6, 6.07) is 7.77. The molecule has 16 heavy (non-hydrogen) atoms. The maximum absolute atomic E-state index is 11.2. The van der Waals surface area contributed by atoms with Crippen molar-refractivity contribution in [2.75, 3.05) is 0 Å². The van der Waals surface area contributed by atoms with E-state index in [0.29, 0.717) is 6.54 Å². The second-order valence-electron chi connectivity index (χ2n) is 3.42. The van der Waals surface area contributed by atoms with E-state index in [1.807, 2.05) is 24.3 Å². The third-order valence-electron chi connectivity index (χ3n) is 2.19. The fourth-order valence-corrected chi connectivity index (χ4v) is 1.47. The van der Waals surface area contributed by atoms with Crippen LogP contribution in [0.4, 0.5) is 0 Å². The van der Waals surface area contributed by atoms with Crippen LogP contribution in [0.25, 0.3) is 11.0 Å². The number of rotatable bonds is 3. The van der Waals surface area contributed by atoms with Gasteiger partial charge in [0.1, 0.15) is 5.82 Å². The van der Waals surface area contributed by atoms with Crippen LogP contribution >= 0.6 is 0 Å². The molecular weight excluding hydrogens is 202 g/mol. The van der Waals surface area contributed by atoms with Crippen molar-refractivity contribution in [1.29, 1.82) is 0 Å². The lowest BCUT2D eigenvalue weighted by molar-refractivity contribution is -0.116. The molecule has 4 nitrogen and oxygen atoms in total. The predicted molar refractivity (Wildman–Crippen MR) is 62.8 cm³/mol. The summed E-state index contributed by atoms with van der Waals surface area (Å²) in [5.74, 6) is 0.655. The van der Waals surface area contributed by atoms with Crippen LogP contribution in [0.5, 0.6) is 0 Å². The molecule has 0 aliphatic heterocycles. The number of aromatic amines is 1. The van der Waals surface area contributed by atoms with E-state index >= 15 is 0 Å². The van der Waals surface area contributed by atoms with Gasteiger partial charge in [0.25, 0.3) is 0 Å². The molecule has 2 aromatic rings. The van der Waals surface area contributed by atoms with Crippen molar-refractivity contribution in [3.8, 4) is 0 Å². The normalized spacial score (nSPS) is 11.1. The SMILES string of the molecule is C/C=C\C(=O)NCc1nc2ccccc2[nH]1. The van der Waals surface area contributed by atoms with Crippen LogP contribution < -0.4 is 5.32 Å². The molecule has 82 valence electrons. The molecule has 4 heteroatoms. The third kappa shape index (κ3) is 2.28. The molecule has 1 aromatic heterocycles. The molecule has 0 aliphatic carbocycles. The number of nitrogens with zero attached hydrogens (tertiary/aromatic N) is 1. The minimum atomic E-state index is -0.108. The lowest BCUT2D eigenvalue weighted by Crippen LogP contribution is -2.20. The van der Waals surface area contributed by atoms with Gasteiger partial charge in [-0.1, -0.05) is 18.2 Å². The standard InChI is InChI=1S/C12H13N3O/c1-2-5-12(16)13-8-11-14-9-6-3-4-7-10(9)15-11/h2-7H,8H2,1H3,(H,13,16)(H,14,15)/b5-2-. The highest BCUT2D eigenvalue weighted by molar-refractivity contribution is 5.87. The van der Waals surface area contributed by atoms with Gasteiger partial charge in [-0.05, 0) is 25.1 Å². The number of benzene rings is 1. The second kappa shape index (κ2) is 4.61. The molecule has 2 N–H and O–H groups in total. The zero-order valence-electron chi connectivity index (χ0n) is 9.03. The van der Waals surface area contributed by atoms with Gasteiger partial charge in [-0.15, -0.1) is 0 Å². The van der Waals surface area contributed by atoms with E-state index in [1.54, 1.807) is 13.0 Å². The molecule has 0 spiro atoms. The Balaban J connectivity index is 2.07. The Bertz CT molecular complexity index is 495. The number of carbonyl (C=O) groups excluding carboxylic acids is 1. The Morgan fingerprint density at radius 3 is 3.06 bits per heavy atom. The number of para-hydroxylation sites is 2. The van der Waals surface area contributed by atoms with Crippen LogP contribution in [-0.4, -0.2) is 15.9 Å². The molecule has 0 fully saturated rings. The van der Waals surface area contributed by atoms with E-state index in [9.17, 15) is 4.79 Å². The van der Waals surface area contributed by atoms with Gasteiger partial charge in [-0.25, -0.2) is 4.98 Å². The number of imidazole rings is 1. The minimum absolute atomic E-state index is 0.108. The van der Waals surface area contributed by atoms with E-state index in [2.05, 4.69) is 15.3 Å². The molecule has 0 unspecified atom stereocenters. The van der Waals surface area contributed by atoms with Crippen molar-refractivity contribution in [2.45, 2.75) is 13.5 Å². The van der Waals surface area contributed by atoms with E-state index in [0.717, 1.165) is 16.9 Å². The molecule has 0 saturated heterocycles. The first kappa shape index (κ1) is 10.4. The monoisotopic (exact) mass is 215 g/mol. The van der Waals surface area contributed by atoms with Gasteiger partial charge < -0.3 is 10.3 Å². The van der Waals surface area contributed by atoms with E-state index < -0.39 is 0 Å². The summed E-state index contributed by atoms with van der Waals surface area (Å²) in [5, 5.41) is 2.74. The van der Waals surface area contributed by atoms with Crippen LogP contribution in [0.3, 0.4) is 0 Å². The minimum Gasteiger partial charge on any atom is -0.345 e. The lowest BCUT2D eigenvalue weighted by atomic mass is 10.3. The molecule has 1 heterocycles. The summed E-state index contributed by atoms with van der Waals surface area (Å²) in [6.07, 6.45) is 3.19. The number of aromatic nitrogens is 2. The number of allylic oxidation sites excluding steroid dienone is 1. The van der Waals surface area contributed by atoms with Crippen LogP contribution in [0.1, 0.15) is 12.7 Å². The number of amides is 1. The summed E-state index contributed by atoms with van der Waals surface area (Å²) in [4.78, 5) is 18.7. The molecule has 1 aromatic carbocycles. The molecule has 0 aliphatic rings. The topological polar surface area (TPSA) is 57.8 Å². The zero-order chi connectivity index (χ0) is 11.4. The third-order valence-corrected chi connectivity index (χ3v) is 2.19. The smallest absolute Gasteiger partial charge is 0.244 e. The first-order valence-corrected chi connectivity index (χ1v) is 5.14. The van der Waals surface area contributed by atoms with E-state index in [-0.39, 0.29) is 5.91 Å². The van der Waals surface area contributed by atoms with Gasteiger partial charge in [0.2, 0.25) is 5.91 Å². The van der Waals surface area contributed by atoms with Gasteiger partial charge in [0.05, 0.1) is 17.6 Å². The molecular formula is C12H13N3O. The summed E-state index contributed by atoms with van der Waals surface area (Å²) in [6.45, 7) is 2.22. The number of hydrogen-bond acceptors (Lipinski definition) is 2. The van der Waals surface area contributed by atoms with Crippen molar-refractivity contribution >= 4 is 16.9 Å². The highest BCUT2D eigenvalue weighted by atomic mass is 16.1. The largest absolute Gasteiger partial charge is 0.345 e. The predicted octanol–water partition coefficient (Wildman–Crippen LogP) is 1.76. The van der Waals surface area contributed by atoms with Gasteiger partial charge in [0, 0.05) is 0 Å². The highest BCUT2D eigenvalue weighted by Gasteiger charge is 2.02. The number of nitrogens with one attached hydrogen (secondary N) is 2. The van der Waals surface area contributed by atoms with E-state index in [4.69, 9.17) is 0 Å². The van der Waals surface area contributed by atoms with Crippen molar-refractivity contribution in [1.82, 2.24) is 15.3 Å². The van der Waals surface area contributed by atoms with E-state index in [1.165, 1.54) is 6.08 Å². The zero-order valence-corrected chi connectivity index (χ0v) is 9.03. The van der Waals surface area contributed by atoms with Crippen LogP contribution in [0.15, 0.2) is 36.4 Å². The molecule has 2 rings (SSSR count). The Labute approximate surface area is 93.4 Å². The Morgan fingerprint density at radius 2 is 2.31 bits per heavy atom. The number of fused-ring (bicyclic) bond motifs is 1. The molecule has 0 saturated carbocycles. The van der Waals surface area contributed by atoms with Crippen molar-refractivity contribution in [2.24, 2.45) is 0 Å². The second-order valence-corrected chi connectivity index (χ2v) is 3.42. The molecule has 1 amide bonds. The summed E-state index contributed by atoms with van der Waals surface area (Å²) >= 11 is 0. The highest BCUT2D eigenvalue weighted by Crippen LogP contribution is 2.09. The van der Waals surface area contributed by atoms with Crippen molar-refractivity contribution in [3.63, 3.8) is 0 Å². The average molecular weight is 215 g/mol. The van der Waals surface area contributed by atoms with Crippen LogP contribution in [0.2, 0.25) is 0 Å². The number of H-pyrrole nitrogens is 1. The lowest BCUT2D eigenvalue weighted by Gasteiger charge is -1.97. The maximum atomic E-state index is 11.2. The van der Waals surface area contributed by atoms with Gasteiger partial charge >= 0.3 is 0 Å². The van der Waals surface area contributed by atoms with Gasteiger partial charge in [0.15, 0.2) is 0 Å². The Hall–Kier alpha value is -2.10. The maximum Gasteiger partial charge on any atom is 0.244 e. The molecule has 0 atom stereocenters. The molecule has 0 bridgehead atoms. The number of carbonyl (C=O) groups is 1. The fourth-order valence-electron chi connectivity index (χ4n) is 1.47. The van der Waals surface area contributed by atoms with Crippen molar-refractivity contribution in [3.05, 3.63) is 42.2 Å². The summed E-state index contributed by atoms with van der Waals surface area (Å²) < 4.78 is 0. The quantitative estimate of drug-likeness (QED) is 0.766. The van der Waals surface area contributed by atoms with Crippen molar-refractivity contribution < 1.29 is 4.79 Å². The summed E-state index contributed by atoms with van der Waals surface area (Å²) in [7, 11) is 0. The Kier molecular flexibility index (Phi) is 3.00. The van der Waals surface area contributed by atoms with Gasteiger partial charge in [-0.3, -0.25) is 4.79 Å². The average Bonchev–Trinajstić information content (AvgIpc) is 2.69. The fraction of sp³-hybridized carbons (Fsp3) is 0.167. The van der Waals surface area contributed by atoms with Crippen LogP contribution in [0, 0.1) is 0 Å². The Morgan fingerprint density at radius 1 is 1.50 bits per heavy atom. The summed E-state index contributed by atoms with van der Waals surface area (Å²) in [5.41, 5.74) is 1.90. The molecule has 0 radical (unpaired) electrons.